The number of hydrogen-bond acceptors (Lipinski definition) is 9. The molecule has 1 saturated heterocycles. The van der Waals surface area contributed by atoms with Crippen molar-refractivity contribution in [1.29, 1.82) is 0 Å². The lowest BCUT2D eigenvalue weighted by Gasteiger charge is -2.32. The number of nitrogens with zero attached hydrogens (tertiary/aromatic N) is 4. The van der Waals surface area contributed by atoms with Gasteiger partial charge in [0, 0.05) is 25.6 Å². The predicted octanol–water partition coefficient (Wildman–Crippen LogP) is 3.76. The molecular weight excluding hydrogens is 520 g/mol. The first kappa shape index (κ1) is 26.8. The molecule has 0 atom stereocenters. The van der Waals surface area contributed by atoms with E-state index in [1.54, 1.807) is 36.6 Å². The maximum atomic E-state index is 13.8. The molecule has 1 amide bonds. The number of thiazole rings is 1. The number of benzene rings is 1. The van der Waals surface area contributed by atoms with Crippen LogP contribution < -0.4 is 14.4 Å². The van der Waals surface area contributed by atoms with E-state index in [4.69, 9.17) is 14.5 Å². The third kappa shape index (κ3) is 5.52. The van der Waals surface area contributed by atoms with Gasteiger partial charge in [-0.2, -0.15) is 4.31 Å². The zero-order valence-corrected chi connectivity index (χ0v) is 23.4. The summed E-state index contributed by atoms with van der Waals surface area (Å²) in [7, 11) is 3.70. The van der Waals surface area contributed by atoms with Gasteiger partial charge in [-0.15, -0.1) is 11.3 Å². The predicted molar refractivity (Wildman–Crippen MR) is 144 cm³/mol. The smallest absolute Gasteiger partial charge is 0.252 e. The zero-order valence-electron chi connectivity index (χ0n) is 21.0. The van der Waals surface area contributed by atoms with Gasteiger partial charge in [-0.25, -0.2) is 13.4 Å². The summed E-state index contributed by atoms with van der Waals surface area (Å²) in [5.41, 5.74) is 0.666. The maximum absolute atomic E-state index is 13.8. The van der Waals surface area contributed by atoms with E-state index < -0.39 is 10.0 Å². The van der Waals surface area contributed by atoms with Crippen LogP contribution in [0, 0.1) is 5.92 Å². The minimum Gasteiger partial charge on any atom is -0.495 e. The van der Waals surface area contributed by atoms with Crippen molar-refractivity contribution in [3.05, 3.63) is 29.6 Å². The van der Waals surface area contributed by atoms with Gasteiger partial charge in [0.25, 0.3) is 10.0 Å². The third-order valence-corrected chi connectivity index (χ3v) is 10.6. The van der Waals surface area contributed by atoms with E-state index in [9.17, 15) is 13.2 Å². The van der Waals surface area contributed by atoms with E-state index in [0.717, 1.165) is 17.7 Å². The number of hydrogen-bond donors (Lipinski definition) is 0. The number of sulfonamides is 1. The summed E-state index contributed by atoms with van der Waals surface area (Å²) in [6, 6.07) is 7.01. The molecule has 1 aromatic carbocycles. The van der Waals surface area contributed by atoms with Crippen LogP contribution >= 0.6 is 22.7 Å². The second-order valence-corrected chi connectivity index (χ2v) is 13.0. The van der Waals surface area contributed by atoms with Crippen molar-refractivity contribution < 1.29 is 22.7 Å². The number of carbonyl (C=O) groups is 1. The summed E-state index contributed by atoms with van der Waals surface area (Å²) < 4.78 is 39.5. The second-order valence-electron chi connectivity index (χ2n) is 8.90. The monoisotopic (exact) mass is 552 g/mol. The van der Waals surface area contributed by atoms with Crippen LogP contribution in [0.2, 0.25) is 0 Å². The fourth-order valence-corrected chi connectivity index (χ4v) is 8.06. The molecule has 0 saturated carbocycles. The van der Waals surface area contributed by atoms with Crippen LogP contribution in [0.4, 0.5) is 5.13 Å². The Kier molecular flexibility index (Phi) is 8.51. The molecule has 1 aliphatic heterocycles. The Morgan fingerprint density at radius 1 is 1.11 bits per heavy atom. The van der Waals surface area contributed by atoms with Crippen molar-refractivity contribution in [2.75, 3.05) is 59.4 Å². The maximum Gasteiger partial charge on any atom is 0.252 e. The van der Waals surface area contributed by atoms with Crippen LogP contribution in [0.1, 0.15) is 19.3 Å². The molecule has 0 radical (unpaired) electrons. The number of thiophene rings is 1. The average Bonchev–Trinajstić information content (AvgIpc) is 3.57. The lowest BCUT2D eigenvalue weighted by Crippen LogP contribution is -2.45. The molecule has 0 unspecified atom stereocenters. The van der Waals surface area contributed by atoms with Crippen LogP contribution in [0.15, 0.2) is 33.9 Å². The third-order valence-electron chi connectivity index (χ3n) is 6.28. The Hall–Kier alpha value is -2.25. The molecule has 0 spiro atoms. The first-order chi connectivity index (χ1) is 17.3. The number of amides is 1. The van der Waals surface area contributed by atoms with Gasteiger partial charge in [0.15, 0.2) is 5.13 Å². The van der Waals surface area contributed by atoms with Crippen LogP contribution in [-0.2, 0) is 14.8 Å². The van der Waals surface area contributed by atoms with Crippen molar-refractivity contribution in [2.45, 2.75) is 23.5 Å². The van der Waals surface area contributed by atoms with E-state index in [0.29, 0.717) is 58.8 Å². The van der Waals surface area contributed by atoms with Crippen LogP contribution in [0.5, 0.6) is 11.5 Å². The number of fused-ring (bicyclic) bond motifs is 1. The first-order valence-electron chi connectivity index (χ1n) is 11.8. The fraction of sp³-hybridized carbons (Fsp3) is 0.500. The molecule has 9 nitrogen and oxygen atoms in total. The Balaban J connectivity index is 1.57. The lowest BCUT2D eigenvalue weighted by atomic mass is 9.96. The summed E-state index contributed by atoms with van der Waals surface area (Å²) in [6.07, 6.45) is 1.74. The van der Waals surface area contributed by atoms with Crippen LogP contribution in [-0.4, -0.2) is 83.0 Å². The Morgan fingerprint density at radius 3 is 2.42 bits per heavy atom. The van der Waals surface area contributed by atoms with Crippen LogP contribution in [0.3, 0.4) is 0 Å². The quantitative estimate of drug-likeness (QED) is 0.378. The molecule has 1 fully saturated rings. The minimum absolute atomic E-state index is 0.0149. The molecule has 3 heterocycles. The van der Waals surface area contributed by atoms with Crippen LogP contribution in [0.25, 0.3) is 10.2 Å². The molecule has 4 rings (SSSR count). The highest BCUT2D eigenvalue weighted by Crippen LogP contribution is 2.41. The van der Waals surface area contributed by atoms with Crippen molar-refractivity contribution in [3.8, 4) is 11.5 Å². The number of ether oxygens (including phenoxy) is 2. The van der Waals surface area contributed by atoms with Gasteiger partial charge in [-0.05, 0) is 63.5 Å². The Bertz CT molecular complexity index is 1240. The number of rotatable bonds is 10. The molecular formula is C24H32N4O5S3. The van der Waals surface area contributed by atoms with Gasteiger partial charge in [0.05, 0.1) is 14.2 Å². The minimum atomic E-state index is -3.51. The van der Waals surface area contributed by atoms with E-state index >= 15 is 0 Å². The van der Waals surface area contributed by atoms with E-state index in [2.05, 4.69) is 4.90 Å². The van der Waals surface area contributed by atoms with Crippen molar-refractivity contribution in [2.24, 2.45) is 5.92 Å². The number of piperidine rings is 1. The molecule has 1 aliphatic rings. The van der Waals surface area contributed by atoms with E-state index in [-0.39, 0.29) is 11.8 Å². The van der Waals surface area contributed by atoms with Gasteiger partial charge in [0.2, 0.25) is 5.91 Å². The van der Waals surface area contributed by atoms with Gasteiger partial charge in [0.1, 0.15) is 25.9 Å². The molecule has 2 aromatic heterocycles. The standard InChI is InChI=1S/C24H32N4O5S3/c1-26(2)12-6-13-28(24-25-21-18(32-3)8-9-19(33-4)22(21)35-24)23(29)17-10-14-27(15-11-17)36(30,31)20-7-5-16-34-20/h5,7-9,16-17H,6,10-15H2,1-4H3. The molecule has 0 N–H and O–H groups in total. The SMILES string of the molecule is COc1ccc(OC)c2sc(N(CCCN(C)C)C(=O)C3CCN(S(=O)(=O)c4cccs4)CC3)nc12. The van der Waals surface area contributed by atoms with Gasteiger partial charge in [-0.1, -0.05) is 17.4 Å². The number of aromatic nitrogens is 1. The second kappa shape index (κ2) is 11.4. The summed E-state index contributed by atoms with van der Waals surface area (Å²) in [6.45, 7) is 2.00. The highest BCUT2D eigenvalue weighted by Gasteiger charge is 2.35. The normalized spacial score (nSPS) is 15.5. The highest BCUT2D eigenvalue weighted by atomic mass is 32.2. The number of methoxy groups -OCH3 is 2. The molecule has 12 heteroatoms. The van der Waals surface area contributed by atoms with Gasteiger partial charge in [-0.3, -0.25) is 9.69 Å². The van der Waals surface area contributed by atoms with Crippen molar-refractivity contribution in [1.82, 2.24) is 14.2 Å². The van der Waals surface area contributed by atoms with E-state index in [1.165, 1.54) is 27.0 Å². The highest BCUT2D eigenvalue weighted by molar-refractivity contribution is 7.91. The molecule has 3 aromatic rings. The summed E-state index contributed by atoms with van der Waals surface area (Å²) >= 11 is 2.63. The Morgan fingerprint density at radius 2 is 1.81 bits per heavy atom. The van der Waals surface area contributed by atoms with Gasteiger partial charge < -0.3 is 14.4 Å². The zero-order chi connectivity index (χ0) is 25.9. The lowest BCUT2D eigenvalue weighted by molar-refractivity contribution is -0.123. The topological polar surface area (TPSA) is 92.3 Å². The fourth-order valence-electron chi connectivity index (χ4n) is 4.34. The summed E-state index contributed by atoms with van der Waals surface area (Å²) in [4.78, 5) is 22.4. The summed E-state index contributed by atoms with van der Waals surface area (Å²) in [5, 5.41) is 2.36. The first-order valence-corrected chi connectivity index (χ1v) is 14.9. The Labute approximate surface area is 220 Å². The number of anilines is 1. The molecule has 36 heavy (non-hydrogen) atoms. The number of carbonyl (C=O) groups excluding carboxylic acids is 1. The van der Waals surface area contributed by atoms with Crippen molar-refractivity contribution >= 4 is 54.0 Å². The summed E-state index contributed by atoms with van der Waals surface area (Å²) in [5.74, 6) is 1.03. The molecule has 0 bridgehead atoms. The van der Waals surface area contributed by atoms with Crippen molar-refractivity contribution in [3.63, 3.8) is 0 Å². The van der Waals surface area contributed by atoms with Gasteiger partial charge >= 0.3 is 0 Å². The molecule has 0 aliphatic carbocycles. The average molecular weight is 553 g/mol. The van der Waals surface area contributed by atoms with E-state index in [1.807, 2.05) is 26.2 Å². The molecule has 196 valence electrons. The largest absolute Gasteiger partial charge is 0.495 e.